The fourth-order valence-corrected chi connectivity index (χ4v) is 3.12. The zero-order chi connectivity index (χ0) is 13.3. The van der Waals surface area contributed by atoms with Gasteiger partial charge in [-0.25, -0.2) is 4.39 Å². The SMILES string of the molecule is C=CC(=O)N(C)Cc1sc2c(F)cccc2c1C. The number of carbonyl (C=O) groups excluding carboxylic acids is 1. The molecule has 4 heteroatoms. The maximum Gasteiger partial charge on any atom is 0.246 e. The summed E-state index contributed by atoms with van der Waals surface area (Å²) in [5.74, 6) is -0.336. The van der Waals surface area contributed by atoms with Crippen molar-refractivity contribution in [2.24, 2.45) is 0 Å². The Hall–Kier alpha value is -1.68. The minimum absolute atomic E-state index is 0.132. The summed E-state index contributed by atoms with van der Waals surface area (Å²) in [5, 5.41) is 0.925. The van der Waals surface area contributed by atoms with Crippen LogP contribution in [0.3, 0.4) is 0 Å². The monoisotopic (exact) mass is 263 g/mol. The predicted octanol–water partition coefficient (Wildman–Crippen LogP) is 3.49. The maximum atomic E-state index is 13.7. The molecule has 0 saturated carbocycles. The van der Waals surface area contributed by atoms with Crippen LogP contribution in [0.15, 0.2) is 30.9 Å². The minimum atomic E-state index is -0.204. The lowest BCUT2D eigenvalue weighted by molar-refractivity contribution is -0.125. The third-order valence-electron chi connectivity index (χ3n) is 2.95. The van der Waals surface area contributed by atoms with E-state index >= 15 is 0 Å². The molecule has 0 aliphatic rings. The van der Waals surface area contributed by atoms with Crippen molar-refractivity contribution in [3.8, 4) is 0 Å². The van der Waals surface area contributed by atoms with Gasteiger partial charge in [-0.05, 0) is 30.0 Å². The number of amides is 1. The number of halogens is 1. The van der Waals surface area contributed by atoms with E-state index in [1.807, 2.05) is 13.0 Å². The summed E-state index contributed by atoms with van der Waals surface area (Å²) in [6.45, 7) is 5.89. The molecule has 0 aliphatic heterocycles. The number of rotatable bonds is 3. The van der Waals surface area contributed by atoms with Crippen LogP contribution in [0.4, 0.5) is 4.39 Å². The van der Waals surface area contributed by atoms with Crippen LogP contribution in [0.25, 0.3) is 10.1 Å². The van der Waals surface area contributed by atoms with Crippen molar-refractivity contribution in [2.75, 3.05) is 7.05 Å². The van der Waals surface area contributed by atoms with Crippen LogP contribution in [-0.2, 0) is 11.3 Å². The fraction of sp³-hybridized carbons (Fsp3) is 0.214. The average molecular weight is 263 g/mol. The maximum absolute atomic E-state index is 13.7. The van der Waals surface area contributed by atoms with Gasteiger partial charge in [0.1, 0.15) is 5.82 Å². The summed E-state index contributed by atoms with van der Waals surface area (Å²) in [6.07, 6.45) is 1.28. The topological polar surface area (TPSA) is 20.3 Å². The highest BCUT2D eigenvalue weighted by Crippen LogP contribution is 2.33. The van der Waals surface area contributed by atoms with E-state index in [4.69, 9.17) is 0 Å². The molecule has 1 heterocycles. The van der Waals surface area contributed by atoms with E-state index in [0.717, 1.165) is 15.8 Å². The number of aryl methyl sites for hydroxylation is 1. The standard InChI is InChI=1S/C14H14FNOS/c1-4-13(17)16(3)8-12-9(2)10-6-5-7-11(15)14(10)18-12/h4-7H,1,8H2,2-3H3. The summed E-state index contributed by atoms with van der Waals surface area (Å²) >= 11 is 1.40. The lowest BCUT2D eigenvalue weighted by Crippen LogP contribution is -2.23. The Kier molecular flexibility index (Phi) is 3.48. The largest absolute Gasteiger partial charge is 0.337 e. The summed E-state index contributed by atoms with van der Waals surface area (Å²) in [7, 11) is 1.71. The van der Waals surface area contributed by atoms with Gasteiger partial charge in [0.15, 0.2) is 0 Å². The third-order valence-corrected chi connectivity index (χ3v) is 4.25. The molecule has 1 aromatic heterocycles. The molecule has 1 amide bonds. The van der Waals surface area contributed by atoms with Gasteiger partial charge >= 0.3 is 0 Å². The number of benzene rings is 1. The Labute approximate surface area is 109 Å². The molecular weight excluding hydrogens is 249 g/mol. The molecule has 2 aromatic rings. The molecule has 0 saturated heterocycles. The second kappa shape index (κ2) is 4.90. The van der Waals surface area contributed by atoms with Crippen LogP contribution in [0.2, 0.25) is 0 Å². The molecule has 0 radical (unpaired) electrons. The van der Waals surface area contributed by atoms with Crippen LogP contribution in [-0.4, -0.2) is 17.9 Å². The number of carbonyl (C=O) groups is 1. The molecule has 18 heavy (non-hydrogen) atoms. The van der Waals surface area contributed by atoms with E-state index < -0.39 is 0 Å². The van der Waals surface area contributed by atoms with E-state index in [0.29, 0.717) is 11.2 Å². The Morgan fingerprint density at radius 3 is 2.89 bits per heavy atom. The third kappa shape index (κ3) is 2.16. The van der Waals surface area contributed by atoms with Gasteiger partial charge in [0.2, 0.25) is 5.91 Å². The molecule has 94 valence electrons. The molecule has 0 atom stereocenters. The molecule has 2 nitrogen and oxygen atoms in total. The number of hydrogen-bond acceptors (Lipinski definition) is 2. The fourth-order valence-electron chi connectivity index (χ4n) is 1.86. The molecule has 0 aliphatic carbocycles. The van der Waals surface area contributed by atoms with Gasteiger partial charge in [0.25, 0.3) is 0 Å². The van der Waals surface area contributed by atoms with Gasteiger partial charge in [0, 0.05) is 11.9 Å². The van der Waals surface area contributed by atoms with Gasteiger partial charge < -0.3 is 4.90 Å². The quantitative estimate of drug-likeness (QED) is 0.776. The van der Waals surface area contributed by atoms with Gasteiger partial charge in [-0.15, -0.1) is 11.3 Å². The highest BCUT2D eigenvalue weighted by molar-refractivity contribution is 7.19. The van der Waals surface area contributed by atoms with E-state index in [1.54, 1.807) is 18.0 Å². The Bertz CT molecular complexity index is 618. The number of likely N-dealkylation sites (N-methyl/N-ethyl adjacent to an activating group) is 1. The van der Waals surface area contributed by atoms with E-state index in [2.05, 4.69) is 6.58 Å². The van der Waals surface area contributed by atoms with E-state index in [9.17, 15) is 9.18 Å². The zero-order valence-corrected chi connectivity index (χ0v) is 11.2. The predicted molar refractivity (Wildman–Crippen MR) is 73.2 cm³/mol. The number of hydrogen-bond donors (Lipinski definition) is 0. The molecule has 0 spiro atoms. The Morgan fingerprint density at radius 2 is 2.28 bits per heavy atom. The number of thiophene rings is 1. The molecule has 0 fully saturated rings. The van der Waals surface area contributed by atoms with Crippen LogP contribution in [0.1, 0.15) is 10.4 Å². The zero-order valence-electron chi connectivity index (χ0n) is 10.4. The van der Waals surface area contributed by atoms with Gasteiger partial charge in [-0.2, -0.15) is 0 Å². The first-order chi connectivity index (χ1) is 8.54. The molecule has 0 bridgehead atoms. The van der Waals surface area contributed by atoms with Crippen LogP contribution in [0, 0.1) is 12.7 Å². The van der Waals surface area contributed by atoms with Crippen molar-refractivity contribution in [2.45, 2.75) is 13.5 Å². The molecule has 2 rings (SSSR count). The van der Waals surface area contributed by atoms with Gasteiger partial charge in [-0.1, -0.05) is 18.7 Å². The Balaban J connectivity index is 2.40. The first-order valence-corrected chi connectivity index (χ1v) is 6.40. The number of fused-ring (bicyclic) bond motifs is 1. The highest BCUT2D eigenvalue weighted by Gasteiger charge is 2.14. The van der Waals surface area contributed by atoms with E-state index in [-0.39, 0.29) is 11.7 Å². The van der Waals surface area contributed by atoms with E-state index in [1.165, 1.54) is 23.5 Å². The van der Waals surface area contributed by atoms with Crippen LogP contribution < -0.4 is 0 Å². The van der Waals surface area contributed by atoms with Crippen molar-refractivity contribution in [1.29, 1.82) is 0 Å². The van der Waals surface area contributed by atoms with Crippen molar-refractivity contribution >= 4 is 27.3 Å². The van der Waals surface area contributed by atoms with Crippen LogP contribution >= 0.6 is 11.3 Å². The van der Waals surface area contributed by atoms with Crippen molar-refractivity contribution in [1.82, 2.24) is 4.90 Å². The van der Waals surface area contributed by atoms with Crippen LogP contribution in [0.5, 0.6) is 0 Å². The summed E-state index contributed by atoms with van der Waals surface area (Å²) in [6, 6.07) is 5.07. The first kappa shape index (κ1) is 12.8. The summed E-state index contributed by atoms with van der Waals surface area (Å²) in [4.78, 5) is 14.0. The lowest BCUT2D eigenvalue weighted by atomic mass is 10.1. The molecule has 1 aromatic carbocycles. The molecular formula is C14H14FNOS. The lowest BCUT2D eigenvalue weighted by Gasteiger charge is -2.14. The smallest absolute Gasteiger partial charge is 0.246 e. The first-order valence-electron chi connectivity index (χ1n) is 5.58. The van der Waals surface area contributed by atoms with Gasteiger partial charge in [0.05, 0.1) is 11.2 Å². The average Bonchev–Trinajstić information content (AvgIpc) is 2.68. The summed E-state index contributed by atoms with van der Waals surface area (Å²) in [5.41, 5.74) is 1.04. The van der Waals surface area contributed by atoms with Crippen molar-refractivity contribution in [3.63, 3.8) is 0 Å². The normalized spacial score (nSPS) is 10.6. The molecule has 0 N–H and O–H groups in total. The second-order valence-corrected chi connectivity index (χ2v) is 5.27. The number of nitrogens with zero attached hydrogens (tertiary/aromatic N) is 1. The minimum Gasteiger partial charge on any atom is -0.337 e. The van der Waals surface area contributed by atoms with Gasteiger partial charge in [-0.3, -0.25) is 4.79 Å². The van der Waals surface area contributed by atoms with Crippen molar-refractivity contribution < 1.29 is 9.18 Å². The second-order valence-electron chi connectivity index (χ2n) is 4.17. The Morgan fingerprint density at radius 1 is 1.56 bits per heavy atom. The highest BCUT2D eigenvalue weighted by atomic mass is 32.1. The van der Waals surface area contributed by atoms with Crippen molar-refractivity contribution in [3.05, 3.63) is 47.1 Å². The summed E-state index contributed by atoms with van der Waals surface area (Å²) < 4.78 is 14.3. The molecule has 0 unspecified atom stereocenters.